The molecule has 0 amide bonds. The summed E-state index contributed by atoms with van der Waals surface area (Å²) in [5.74, 6) is 0.877. The van der Waals surface area contributed by atoms with Gasteiger partial charge in [-0.05, 0) is 64.5 Å². The van der Waals surface area contributed by atoms with Gasteiger partial charge in [0.15, 0.2) is 0 Å². The number of hydrogen-bond donors (Lipinski definition) is 1. The van der Waals surface area contributed by atoms with Crippen molar-refractivity contribution in [3.05, 3.63) is 50.6 Å². The summed E-state index contributed by atoms with van der Waals surface area (Å²) in [5.41, 5.74) is 1.30. The van der Waals surface area contributed by atoms with Crippen molar-refractivity contribution < 1.29 is 4.74 Å². The fourth-order valence-corrected chi connectivity index (χ4v) is 3.56. The Bertz CT molecular complexity index is 527. The van der Waals surface area contributed by atoms with Crippen LogP contribution in [0, 0.1) is 0 Å². The zero-order chi connectivity index (χ0) is 14.4. The van der Waals surface area contributed by atoms with E-state index in [0.29, 0.717) is 6.04 Å². The summed E-state index contributed by atoms with van der Waals surface area (Å²) in [5, 5.41) is 5.71. The monoisotopic (exact) mass is 353 g/mol. The number of ether oxygens (including phenoxy) is 1. The normalized spacial score (nSPS) is 12.3. The lowest BCUT2D eigenvalue weighted by molar-refractivity contribution is 0.411. The van der Waals surface area contributed by atoms with Crippen molar-refractivity contribution in [3.63, 3.8) is 0 Å². The van der Waals surface area contributed by atoms with Crippen molar-refractivity contribution in [3.8, 4) is 5.75 Å². The number of nitrogens with one attached hydrogen (secondary N) is 1. The summed E-state index contributed by atoms with van der Waals surface area (Å²) in [7, 11) is 1.69. The second-order valence-electron chi connectivity index (χ2n) is 4.62. The predicted molar refractivity (Wildman–Crippen MR) is 89.8 cm³/mol. The van der Waals surface area contributed by atoms with Gasteiger partial charge in [0.1, 0.15) is 5.75 Å². The van der Waals surface area contributed by atoms with Gasteiger partial charge in [-0.2, -0.15) is 0 Å². The van der Waals surface area contributed by atoms with Crippen molar-refractivity contribution in [2.24, 2.45) is 0 Å². The van der Waals surface area contributed by atoms with Gasteiger partial charge in [0.2, 0.25) is 0 Å². The van der Waals surface area contributed by atoms with Crippen molar-refractivity contribution >= 4 is 27.3 Å². The van der Waals surface area contributed by atoms with Gasteiger partial charge < -0.3 is 10.1 Å². The molecular formula is C16H20BrNOS. The van der Waals surface area contributed by atoms with E-state index >= 15 is 0 Å². The Morgan fingerprint density at radius 3 is 2.80 bits per heavy atom. The van der Waals surface area contributed by atoms with Crippen LogP contribution < -0.4 is 10.1 Å². The van der Waals surface area contributed by atoms with Crippen molar-refractivity contribution in [2.45, 2.75) is 25.8 Å². The molecule has 1 heterocycles. The highest BCUT2D eigenvalue weighted by Crippen LogP contribution is 2.30. The molecule has 0 fully saturated rings. The van der Waals surface area contributed by atoms with Gasteiger partial charge in [-0.1, -0.05) is 19.1 Å². The van der Waals surface area contributed by atoms with E-state index < -0.39 is 0 Å². The fourth-order valence-electron chi connectivity index (χ4n) is 2.27. The van der Waals surface area contributed by atoms with E-state index in [1.165, 1.54) is 10.4 Å². The standard InChI is InChI=1S/C16H20BrNOS/c1-3-18-15(8-7-13-5-4-10-20-13)12-6-9-16(19-2)14(17)11-12/h4-6,9-11,15,18H,3,7-8H2,1-2H3. The Balaban J connectivity index is 2.09. The summed E-state index contributed by atoms with van der Waals surface area (Å²) in [6.07, 6.45) is 2.21. The fraction of sp³-hybridized carbons (Fsp3) is 0.375. The number of rotatable bonds is 7. The van der Waals surface area contributed by atoms with Crippen molar-refractivity contribution in [1.82, 2.24) is 5.32 Å². The van der Waals surface area contributed by atoms with E-state index in [1.54, 1.807) is 7.11 Å². The lowest BCUT2D eigenvalue weighted by atomic mass is 10.0. The number of benzene rings is 1. The van der Waals surface area contributed by atoms with Crippen LogP contribution in [0.3, 0.4) is 0 Å². The molecule has 1 aromatic heterocycles. The number of halogens is 1. The Morgan fingerprint density at radius 1 is 1.35 bits per heavy atom. The smallest absolute Gasteiger partial charge is 0.133 e. The van der Waals surface area contributed by atoms with Crippen LogP contribution in [0.25, 0.3) is 0 Å². The number of aryl methyl sites for hydroxylation is 1. The van der Waals surface area contributed by atoms with Crippen LogP contribution in [0.4, 0.5) is 0 Å². The molecule has 1 unspecified atom stereocenters. The van der Waals surface area contributed by atoms with Gasteiger partial charge in [-0.3, -0.25) is 0 Å². The van der Waals surface area contributed by atoms with Gasteiger partial charge in [0.05, 0.1) is 11.6 Å². The largest absolute Gasteiger partial charge is 0.496 e. The minimum absolute atomic E-state index is 0.379. The molecule has 2 nitrogen and oxygen atoms in total. The van der Waals surface area contributed by atoms with Crippen LogP contribution in [-0.2, 0) is 6.42 Å². The highest BCUT2D eigenvalue weighted by atomic mass is 79.9. The Hall–Kier alpha value is -0.840. The molecular weight excluding hydrogens is 334 g/mol. The first-order valence-electron chi connectivity index (χ1n) is 6.83. The van der Waals surface area contributed by atoms with E-state index in [0.717, 1.165) is 29.6 Å². The number of thiophene rings is 1. The Labute approximate surface area is 133 Å². The van der Waals surface area contributed by atoms with E-state index in [1.807, 2.05) is 17.4 Å². The average Bonchev–Trinajstić information content (AvgIpc) is 2.96. The molecule has 0 saturated heterocycles. The number of methoxy groups -OCH3 is 1. The molecule has 0 radical (unpaired) electrons. The molecule has 1 aromatic carbocycles. The van der Waals surface area contributed by atoms with E-state index in [2.05, 4.69) is 57.8 Å². The minimum atomic E-state index is 0.379. The molecule has 0 saturated carbocycles. The molecule has 20 heavy (non-hydrogen) atoms. The summed E-state index contributed by atoms with van der Waals surface area (Å²) in [4.78, 5) is 1.44. The highest BCUT2D eigenvalue weighted by molar-refractivity contribution is 9.10. The molecule has 0 aliphatic heterocycles. The first-order chi connectivity index (χ1) is 9.74. The van der Waals surface area contributed by atoms with Crippen molar-refractivity contribution in [1.29, 1.82) is 0 Å². The molecule has 2 aromatic rings. The van der Waals surface area contributed by atoms with Crippen LogP contribution in [0.15, 0.2) is 40.2 Å². The Kier molecular flexibility index (Phi) is 6.07. The third kappa shape index (κ3) is 4.08. The van der Waals surface area contributed by atoms with Crippen LogP contribution in [0.5, 0.6) is 5.75 Å². The summed E-state index contributed by atoms with van der Waals surface area (Å²) < 4.78 is 6.30. The number of hydrogen-bond acceptors (Lipinski definition) is 3. The minimum Gasteiger partial charge on any atom is -0.496 e. The average molecular weight is 354 g/mol. The van der Waals surface area contributed by atoms with Gasteiger partial charge in [-0.15, -0.1) is 11.3 Å². The zero-order valence-corrected chi connectivity index (χ0v) is 14.3. The van der Waals surface area contributed by atoms with Crippen molar-refractivity contribution in [2.75, 3.05) is 13.7 Å². The second kappa shape index (κ2) is 7.81. The van der Waals surface area contributed by atoms with Gasteiger partial charge in [0.25, 0.3) is 0 Å². The first kappa shape index (κ1) is 15.5. The summed E-state index contributed by atoms with van der Waals surface area (Å²) in [6.45, 7) is 3.12. The quantitative estimate of drug-likeness (QED) is 0.771. The highest BCUT2D eigenvalue weighted by Gasteiger charge is 2.12. The lowest BCUT2D eigenvalue weighted by Crippen LogP contribution is -2.21. The maximum Gasteiger partial charge on any atom is 0.133 e. The third-order valence-corrected chi connectivity index (χ3v) is 4.84. The maximum absolute atomic E-state index is 5.29. The Morgan fingerprint density at radius 2 is 2.20 bits per heavy atom. The molecule has 0 aliphatic rings. The molecule has 0 spiro atoms. The molecule has 2 rings (SSSR count). The molecule has 108 valence electrons. The second-order valence-corrected chi connectivity index (χ2v) is 6.51. The van der Waals surface area contributed by atoms with Crippen LogP contribution >= 0.6 is 27.3 Å². The maximum atomic E-state index is 5.29. The van der Waals surface area contributed by atoms with Gasteiger partial charge >= 0.3 is 0 Å². The zero-order valence-electron chi connectivity index (χ0n) is 11.9. The molecule has 4 heteroatoms. The lowest BCUT2D eigenvalue weighted by Gasteiger charge is -2.19. The summed E-state index contributed by atoms with van der Waals surface area (Å²) in [6, 6.07) is 11.0. The predicted octanol–water partition coefficient (Wildman–Crippen LogP) is 4.80. The molecule has 0 aliphatic carbocycles. The topological polar surface area (TPSA) is 21.3 Å². The molecule has 0 bridgehead atoms. The van der Waals surface area contributed by atoms with E-state index in [4.69, 9.17) is 4.74 Å². The van der Waals surface area contributed by atoms with Gasteiger partial charge in [-0.25, -0.2) is 0 Å². The van der Waals surface area contributed by atoms with E-state index in [9.17, 15) is 0 Å². The molecule has 1 atom stereocenters. The summed E-state index contributed by atoms with van der Waals surface area (Å²) >= 11 is 5.40. The molecule has 1 N–H and O–H groups in total. The van der Waals surface area contributed by atoms with Crippen LogP contribution in [-0.4, -0.2) is 13.7 Å². The van der Waals surface area contributed by atoms with Gasteiger partial charge in [0, 0.05) is 10.9 Å². The first-order valence-corrected chi connectivity index (χ1v) is 8.51. The van der Waals surface area contributed by atoms with Crippen LogP contribution in [0.1, 0.15) is 29.8 Å². The van der Waals surface area contributed by atoms with Crippen LogP contribution in [0.2, 0.25) is 0 Å². The SMILES string of the molecule is CCNC(CCc1cccs1)c1ccc(OC)c(Br)c1. The third-order valence-electron chi connectivity index (χ3n) is 3.29. The van der Waals surface area contributed by atoms with E-state index in [-0.39, 0.29) is 0 Å².